The molecule has 31 heavy (non-hydrogen) atoms. The lowest BCUT2D eigenvalue weighted by Crippen LogP contribution is -2.42. The van der Waals surface area contributed by atoms with Crippen molar-refractivity contribution in [2.75, 3.05) is 6.54 Å². The number of amides is 3. The van der Waals surface area contributed by atoms with Gasteiger partial charge in [0.15, 0.2) is 0 Å². The number of nitrogens with zero attached hydrogens (tertiary/aromatic N) is 2. The Morgan fingerprint density at radius 1 is 1.23 bits per heavy atom. The van der Waals surface area contributed by atoms with Crippen molar-refractivity contribution in [3.8, 4) is 0 Å². The molecule has 1 aliphatic heterocycles. The van der Waals surface area contributed by atoms with E-state index in [9.17, 15) is 24.5 Å². The lowest BCUT2D eigenvalue weighted by molar-refractivity contribution is -0.385. The van der Waals surface area contributed by atoms with E-state index < -0.39 is 16.7 Å². The second-order valence-electron chi connectivity index (χ2n) is 6.23. The van der Waals surface area contributed by atoms with Crippen LogP contribution in [0.15, 0.2) is 52.0 Å². The number of hydrogen-bond acceptors (Lipinski definition) is 8. The molecule has 2 N–H and O–H groups in total. The van der Waals surface area contributed by atoms with Gasteiger partial charge in [0.2, 0.25) is 5.91 Å². The molecule has 0 unspecified atom stereocenters. The summed E-state index contributed by atoms with van der Waals surface area (Å²) in [5, 5.41) is 11.0. The minimum atomic E-state index is -0.805. The van der Waals surface area contributed by atoms with Crippen LogP contribution in [0.4, 0.5) is 5.69 Å². The number of benzene rings is 1. The van der Waals surface area contributed by atoms with Gasteiger partial charge in [-0.2, -0.15) is 0 Å². The molecule has 1 aromatic carbocycles. The maximum Gasteiger partial charge on any atom is 0.282 e. The summed E-state index contributed by atoms with van der Waals surface area (Å²) in [5.41, 5.74) is 3.81. The van der Waals surface area contributed by atoms with Crippen molar-refractivity contribution in [2.45, 2.75) is 12.8 Å². The van der Waals surface area contributed by atoms with Crippen LogP contribution >= 0.6 is 24.0 Å². The molecule has 3 amide bonds. The van der Waals surface area contributed by atoms with Gasteiger partial charge in [-0.15, -0.1) is 0 Å². The average Bonchev–Trinajstić information content (AvgIpc) is 3.35. The second-order valence-corrected chi connectivity index (χ2v) is 7.90. The monoisotopic (exact) mass is 460 g/mol. The van der Waals surface area contributed by atoms with Crippen molar-refractivity contribution in [3.05, 3.63) is 69.0 Å². The fraction of sp³-hybridized carbons (Fsp3) is 0.158. The molecule has 1 saturated heterocycles. The highest BCUT2D eigenvalue weighted by Gasteiger charge is 2.31. The third-order valence-corrected chi connectivity index (χ3v) is 5.51. The first-order valence-electron chi connectivity index (χ1n) is 8.98. The number of hydrazine groups is 1. The van der Waals surface area contributed by atoms with Gasteiger partial charge in [0, 0.05) is 25.1 Å². The Morgan fingerprint density at radius 3 is 2.71 bits per heavy atom. The number of nitrogens with one attached hydrogen (secondary N) is 2. The van der Waals surface area contributed by atoms with E-state index in [1.807, 2.05) is 0 Å². The normalized spacial score (nSPS) is 14.7. The van der Waals surface area contributed by atoms with E-state index in [1.54, 1.807) is 18.2 Å². The number of nitro benzene ring substituents is 1. The third-order valence-electron chi connectivity index (χ3n) is 4.14. The Balaban J connectivity index is 1.46. The number of rotatable bonds is 7. The van der Waals surface area contributed by atoms with E-state index in [0.717, 1.165) is 11.8 Å². The van der Waals surface area contributed by atoms with E-state index in [1.165, 1.54) is 35.4 Å². The molecule has 3 rings (SSSR count). The fourth-order valence-corrected chi connectivity index (χ4v) is 3.96. The smallest absolute Gasteiger partial charge is 0.282 e. The summed E-state index contributed by atoms with van der Waals surface area (Å²) in [7, 11) is 0. The second kappa shape index (κ2) is 10.00. The summed E-state index contributed by atoms with van der Waals surface area (Å²) in [5.74, 6) is -1.05. The average molecular weight is 460 g/mol. The quantitative estimate of drug-likeness (QED) is 0.279. The van der Waals surface area contributed by atoms with Crippen molar-refractivity contribution in [3.63, 3.8) is 0 Å². The molecule has 0 spiro atoms. The van der Waals surface area contributed by atoms with Crippen molar-refractivity contribution in [2.24, 2.45) is 0 Å². The zero-order chi connectivity index (χ0) is 22.4. The minimum Gasteiger partial charge on any atom is -0.465 e. The molecule has 0 aliphatic carbocycles. The summed E-state index contributed by atoms with van der Waals surface area (Å²) in [6.45, 7) is 0.228. The van der Waals surface area contributed by atoms with Crippen LogP contribution in [0, 0.1) is 10.1 Å². The SMILES string of the molecule is O=C(CCCN1C(=O)/C(=C\c2ccco2)SC1=S)NNC(=O)c1ccccc1[N+](=O)[O-]. The van der Waals surface area contributed by atoms with Gasteiger partial charge in [-0.3, -0.25) is 40.2 Å². The molecule has 2 aromatic rings. The molecule has 1 aliphatic rings. The summed E-state index contributed by atoms with van der Waals surface area (Å²) in [4.78, 5) is 48.7. The number of nitro groups is 1. The number of carbonyl (C=O) groups excluding carboxylic acids is 3. The number of para-hydroxylation sites is 1. The van der Waals surface area contributed by atoms with E-state index in [2.05, 4.69) is 10.9 Å². The highest BCUT2D eigenvalue weighted by atomic mass is 32.2. The first-order valence-corrected chi connectivity index (χ1v) is 10.2. The van der Waals surface area contributed by atoms with Crippen LogP contribution in [0.2, 0.25) is 0 Å². The van der Waals surface area contributed by atoms with Crippen LogP contribution in [-0.2, 0) is 9.59 Å². The van der Waals surface area contributed by atoms with Gasteiger partial charge in [0.05, 0.1) is 16.1 Å². The van der Waals surface area contributed by atoms with Crippen molar-refractivity contribution < 1.29 is 23.7 Å². The Bertz CT molecular complexity index is 1070. The van der Waals surface area contributed by atoms with Crippen LogP contribution in [0.5, 0.6) is 0 Å². The zero-order valence-electron chi connectivity index (χ0n) is 15.9. The van der Waals surface area contributed by atoms with E-state index in [4.69, 9.17) is 16.6 Å². The van der Waals surface area contributed by atoms with Crippen molar-refractivity contribution in [1.82, 2.24) is 15.8 Å². The van der Waals surface area contributed by atoms with Gasteiger partial charge in [-0.05, 0) is 24.6 Å². The molecule has 0 bridgehead atoms. The lowest BCUT2D eigenvalue weighted by atomic mass is 10.2. The van der Waals surface area contributed by atoms with Gasteiger partial charge < -0.3 is 4.42 Å². The zero-order valence-corrected chi connectivity index (χ0v) is 17.5. The van der Waals surface area contributed by atoms with Crippen LogP contribution in [0.1, 0.15) is 29.0 Å². The lowest BCUT2D eigenvalue weighted by Gasteiger charge is -2.14. The van der Waals surface area contributed by atoms with Crippen LogP contribution in [-0.4, -0.2) is 38.4 Å². The van der Waals surface area contributed by atoms with Gasteiger partial charge in [-0.1, -0.05) is 36.1 Å². The van der Waals surface area contributed by atoms with Gasteiger partial charge in [-0.25, -0.2) is 0 Å². The summed E-state index contributed by atoms with van der Waals surface area (Å²) in [6, 6.07) is 8.82. The molecule has 10 nitrogen and oxygen atoms in total. The predicted octanol–water partition coefficient (Wildman–Crippen LogP) is 2.63. The largest absolute Gasteiger partial charge is 0.465 e. The Morgan fingerprint density at radius 2 is 2.00 bits per heavy atom. The fourth-order valence-electron chi connectivity index (χ4n) is 2.67. The molecule has 0 atom stereocenters. The summed E-state index contributed by atoms with van der Waals surface area (Å²) >= 11 is 6.38. The van der Waals surface area contributed by atoms with Crippen molar-refractivity contribution in [1.29, 1.82) is 0 Å². The molecule has 2 heterocycles. The minimum absolute atomic E-state index is 0.00541. The Labute approximate surface area is 185 Å². The first kappa shape index (κ1) is 22.2. The third kappa shape index (κ3) is 5.55. The maximum atomic E-state index is 12.5. The molecule has 0 radical (unpaired) electrons. The van der Waals surface area contributed by atoms with E-state index in [-0.39, 0.29) is 30.1 Å². The van der Waals surface area contributed by atoms with Crippen LogP contribution < -0.4 is 10.9 Å². The number of hydrogen-bond donors (Lipinski definition) is 2. The topological polar surface area (TPSA) is 135 Å². The number of carbonyl (C=O) groups is 3. The number of furan rings is 1. The predicted molar refractivity (Wildman–Crippen MR) is 117 cm³/mol. The van der Waals surface area contributed by atoms with Crippen LogP contribution in [0.3, 0.4) is 0 Å². The molecule has 1 aromatic heterocycles. The Hall–Kier alpha value is -3.51. The molecule has 0 saturated carbocycles. The summed E-state index contributed by atoms with van der Waals surface area (Å²) < 4.78 is 5.58. The maximum absolute atomic E-state index is 12.5. The van der Waals surface area contributed by atoms with Crippen molar-refractivity contribution >= 4 is 57.8 Å². The van der Waals surface area contributed by atoms with Gasteiger partial charge in [0.25, 0.3) is 17.5 Å². The number of thiocarbonyl (C=S) groups is 1. The van der Waals surface area contributed by atoms with Gasteiger partial charge in [0.1, 0.15) is 15.6 Å². The molecular formula is C19H16N4O6S2. The first-order chi connectivity index (χ1) is 14.9. The molecule has 12 heteroatoms. The van der Waals surface area contributed by atoms with Gasteiger partial charge >= 0.3 is 0 Å². The molecule has 1 fully saturated rings. The highest BCUT2D eigenvalue weighted by Crippen LogP contribution is 2.32. The highest BCUT2D eigenvalue weighted by molar-refractivity contribution is 8.26. The Kier molecular flexibility index (Phi) is 7.15. The number of thioether (sulfide) groups is 1. The van der Waals surface area contributed by atoms with Crippen LogP contribution in [0.25, 0.3) is 6.08 Å². The standard InChI is InChI=1S/C19H16N4O6S2/c24-16(20-21-17(25)13-6-1-2-7-14(13)23(27)28)8-3-9-22-18(26)15(31-19(22)30)11-12-5-4-10-29-12/h1-2,4-7,10-11H,3,8-9H2,(H,20,24)(H,21,25)/b15-11+. The van der Waals surface area contributed by atoms with E-state index in [0.29, 0.717) is 21.4 Å². The van der Waals surface area contributed by atoms with E-state index >= 15 is 0 Å². The molecular weight excluding hydrogens is 444 g/mol. The summed E-state index contributed by atoms with van der Waals surface area (Å²) in [6.07, 6.45) is 3.41. The molecule has 160 valence electrons.